The number of nitrogens with zero attached hydrogens (tertiary/aromatic N) is 4. The third-order valence-electron chi connectivity index (χ3n) is 3.35. The summed E-state index contributed by atoms with van der Waals surface area (Å²) in [6, 6.07) is 3.37. The highest BCUT2D eigenvalue weighted by atomic mass is 32.1. The second-order valence-corrected chi connectivity index (χ2v) is 6.74. The average molecular weight is 342 g/mol. The molecule has 7 nitrogen and oxygen atoms in total. The molecule has 3 heterocycles. The Morgan fingerprint density at radius 3 is 2.71 bits per heavy atom. The first-order chi connectivity index (χ1) is 11.4. The SMILES string of the molecule is Cc1csc(C(C)(C)NC(=O)Nc2cnn(-c3ccncc3)c2)n1. The third kappa shape index (κ3) is 3.60. The summed E-state index contributed by atoms with van der Waals surface area (Å²) in [6.45, 7) is 5.78. The predicted octanol–water partition coefficient (Wildman–Crippen LogP) is 3.09. The Hall–Kier alpha value is -2.74. The minimum atomic E-state index is -0.551. The van der Waals surface area contributed by atoms with Crippen LogP contribution < -0.4 is 10.6 Å². The molecule has 0 atom stereocenters. The normalized spacial score (nSPS) is 11.3. The first-order valence-electron chi connectivity index (χ1n) is 7.41. The molecule has 0 saturated heterocycles. The van der Waals surface area contributed by atoms with Crippen molar-refractivity contribution in [1.82, 2.24) is 25.1 Å². The Labute approximate surface area is 143 Å². The predicted molar refractivity (Wildman–Crippen MR) is 93.4 cm³/mol. The summed E-state index contributed by atoms with van der Waals surface area (Å²) in [5.41, 5.74) is 1.88. The highest BCUT2D eigenvalue weighted by Crippen LogP contribution is 2.23. The van der Waals surface area contributed by atoms with Crippen molar-refractivity contribution >= 4 is 23.1 Å². The number of anilines is 1. The number of carbonyl (C=O) groups excluding carboxylic acids is 1. The topological polar surface area (TPSA) is 84.7 Å². The van der Waals surface area contributed by atoms with Crippen molar-refractivity contribution in [2.75, 3.05) is 5.32 Å². The van der Waals surface area contributed by atoms with Crippen LogP contribution in [0.3, 0.4) is 0 Å². The molecule has 2 amide bonds. The molecular formula is C16H18N6OS. The Morgan fingerprint density at radius 1 is 1.29 bits per heavy atom. The van der Waals surface area contributed by atoms with E-state index in [1.165, 1.54) is 11.3 Å². The number of hydrogen-bond donors (Lipinski definition) is 2. The van der Waals surface area contributed by atoms with Crippen molar-refractivity contribution in [2.24, 2.45) is 0 Å². The maximum absolute atomic E-state index is 12.3. The zero-order valence-corrected chi connectivity index (χ0v) is 14.5. The zero-order valence-electron chi connectivity index (χ0n) is 13.6. The van der Waals surface area contributed by atoms with Crippen molar-refractivity contribution in [3.05, 3.63) is 53.0 Å². The first-order valence-corrected chi connectivity index (χ1v) is 8.29. The zero-order chi connectivity index (χ0) is 17.2. The highest BCUT2D eigenvalue weighted by molar-refractivity contribution is 7.09. The lowest BCUT2D eigenvalue weighted by atomic mass is 10.1. The van der Waals surface area contributed by atoms with Crippen LogP contribution in [0.1, 0.15) is 24.5 Å². The van der Waals surface area contributed by atoms with Gasteiger partial charge < -0.3 is 10.6 Å². The fourth-order valence-electron chi connectivity index (χ4n) is 2.17. The van der Waals surface area contributed by atoms with Gasteiger partial charge in [-0.3, -0.25) is 4.98 Å². The van der Waals surface area contributed by atoms with E-state index in [0.29, 0.717) is 5.69 Å². The van der Waals surface area contributed by atoms with Crippen LogP contribution in [0.4, 0.5) is 10.5 Å². The smallest absolute Gasteiger partial charge is 0.320 e. The number of thiazole rings is 1. The van der Waals surface area contributed by atoms with Gasteiger partial charge in [0, 0.05) is 23.5 Å². The van der Waals surface area contributed by atoms with Gasteiger partial charge in [-0.2, -0.15) is 5.10 Å². The summed E-state index contributed by atoms with van der Waals surface area (Å²) >= 11 is 1.53. The second-order valence-electron chi connectivity index (χ2n) is 5.88. The van der Waals surface area contributed by atoms with Crippen LogP contribution in [0.15, 0.2) is 42.3 Å². The average Bonchev–Trinajstić information content (AvgIpc) is 3.17. The summed E-state index contributed by atoms with van der Waals surface area (Å²) in [4.78, 5) is 20.7. The van der Waals surface area contributed by atoms with E-state index in [0.717, 1.165) is 16.4 Å². The molecule has 0 aliphatic carbocycles. The fraction of sp³-hybridized carbons (Fsp3) is 0.250. The highest BCUT2D eigenvalue weighted by Gasteiger charge is 2.26. The van der Waals surface area contributed by atoms with E-state index in [1.807, 2.05) is 38.3 Å². The summed E-state index contributed by atoms with van der Waals surface area (Å²) in [5.74, 6) is 0. The van der Waals surface area contributed by atoms with Gasteiger partial charge >= 0.3 is 6.03 Å². The fourth-order valence-corrected chi connectivity index (χ4v) is 3.04. The quantitative estimate of drug-likeness (QED) is 0.763. The number of hydrogen-bond acceptors (Lipinski definition) is 5. The monoisotopic (exact) mass is 342 g/mol. The van der Waals surface area contributed by atoms with Gasteiger partial charge in [0.25, 0.3) is 0 Å². The summed E-state index contributed by atoms with van der Waals surface area (Å²) in [6.07, 6.45) is 6.72. The van der Waals surface area contributed by atoms with E-state index in [9.17, 15) is 4.79 Å². The lowest BCUT2D eigenvalue weighted by molar-refractivity contribution is 0.241. The molecule has 0 spiro atoms. The molecule has 0 aliphatic heterocycles. The van der Waals surface area contributed by atoms with E-state index in [1.54, 1.807) is 29.5 Å². The van der Waals surface area contributed by atoms with E-state index in [2.05, 4.69) is 25.7 Å². The Balaban J connectivity index is 1.66. The number of carbonyl (C=O) groups is 1. The van der Waals surface area contributed by atoms with Crippen molar-refractivity contribution in [3.63, 3.8) is 0 Å². The van der Waals surface area contributed by atoms with Gasteiger partial charge in [0.2, 0.25) is 0 Å². The molecule has 24 heavy (non-hydrogen) atoms. The molecule has 2 N–H and O–H groups in total. The number of rotatable bonds is 4. The molecule has 0 bridgehead atoms. The molecule has 0 aromatic carbocycles. The van der Waals surface area contributed by atoms with Crippen LogP contribution in [-0.4, -0.2) is 25.8 Å². The maximum Gasteiger partial charge on any atom is 0.320 e. The first kappa shape index (κ1) is 16.1. The number of nitrogens with one attached hydrogen (secondary N) is 2. The molecule has 3 aromatic rings. The molecule has 3 aromatic heterocycles. The largest absolute Gasteiger partial charge is 0.326 e. The summed E-state index contributed by atoms with van der Waals surface area (Å²) < 4.78 is 1.67. The number of pyridine rings is 1. The van der Waals surface area contributed by atoms with Crippen LogP contribution >= 0.6 is 11.3 Å². The van der Waals surface area contributed by atoms with Gasteiger partial charge in [-0.05, 0) is 32.9 Å². The van der Waals surface area contributed by atoms with Crippen molar-refractivity contribution in [3.8, 4) is 5.69 Å². The Kier molecular flexibility index (Phi) is 4.30. The molecule has 0 radical (unpaired) electrons. The molecular weight excluding hydrogens is 324 g/mol. The van der Waals surface area contributed by atoms with Gasteiger partial charge in [0.05, 0.1) is 29.3 Å². The number of aryl methyl sites for hydroxylation is 1. The van der Waals surface area contributed by atoms with Crippen LogP contribution in [0.2, 0.25) is 0 Å². The molecule has 0 saturated carbocycles. The summed E-state index contributed by atoms with van der Waals surface area (Å²) in [7, 11) is 0. The van der Waals surface area contributed by atoms with Crippen molar-refractivity contribution < 1.29 is 4.79 Å². The molecule has 0 aliphatic rings. The van der Waals surface area contributed by atoms with E-state index in [-0.39, 0.29) is 6.03 Å². The van der Waals surface area contributed by atoms with E-state index >= 15 is 0 Å². The van der Waals surface area contributed by atoms with Crippen LogP contribution in [0.25, 0.3) is 5.69 Å². The molecule has 0 unspecified atom stereocenters. The Bertz CT molecular complexity index is 839. The Morgan fingerprint density at radius 2 is 2.04 bits per heavy atom. The lowest BCUT2D eigenvalue weighted by Gasteiger charge is -2.23. The van der Waals surface area contributed by atoms with E-state index < -0.39 is 5.54 Å². The molecule has 8 heteroatoms. The second kappa shape index (κ2) is 6.40. The lowest BCUT2D eigenvalue weighted by Crippen LogP contribution is -2.43. The number of aromatic nitrogens is 4. The van der Waals surface area contributed by atoms with Crippen LogP contribution in [0, 0.1) is 6.92 Å². The summed E-state index contributed by atoms with van der Waals surface area (Å²) in [5, 5.41) is 12.8. The minimum absolute atomic E-state index is 0.304. The van der Waals surface area contributed by atoms with E-state index in [4.69, 9.17) is 0 Å². The number of amides is 2. The van der Waals surface area contributed by atoms with Crippen LogP contribution in [-0.2, 0) is 5.54 Å². The van der Waals surface area contributed by atoms with Crippen molar-refractivity contribution in [2.45, 2.75) is 26.3 Å². The van der Waals surface area contributed by atoms with Gasteiger partial charge in [-0.25, -0.2) is 14.5 Å². The van der Waals surface area contributed by atoms with Gasteiger partial charge in [-0.1, -0.05) is 0 Å². The van der Waals surface area contributed by atoms with Crippen molar-refractivity contribution in [1.29, 1.82) is 0 Å². The van der Waals surface area contributed by atoms with Crippen LogP contribution in [0.5, 0.6) is 0 Å². The van der Waals surface area contributed by atoms with Gasteiger partial charge in [0.1, 0.15) is 5.01 Å². The maximum atomic E-state index is 12.3. The minimum Gasteiger partial charge on any atom is -0.326 e. The molecule has 3 rings (SSSR count). The molecule has 0 fully saturated rings. The van der Waals surface area contributed by atoms with Gasteiger partial charge in [0.15, 0.2) is 0 Å². The molecule has 124 valence electrons. The van der Waals surface area contributed by atoms with Gasteiger partial charge in [-0.15, -0.1) is 11.3 Å². The third-order valence-corrected chi connectivity index (χ3v) is 4.63. The standard InChI is InChI=1S/C16H18N6OS/c1-11-10-24-14(19-11)16(2,3)21-15(23)20-12-8-18-22(9-12)13-4-6-17-7-5-13/h4-10H,1-3H3,(H2,20,21,23). The number of urea groups is 1.